The Morgan fingerprint density at radius 3 is 2.34 bits per heavy atom. The smallest absolute Gasteiger partial charge is 0.407 e. The fourth-order valence-electron chi connectivity index (χ4n) is 4.53. The number of hydrogen-bond donors (Lipinski definition) is 2. The second-order valence-electron chi connectivity index (χ2n) is 8.37. The Bertz CT molecular complexity index is 1340. The summed E-state index contributed by atoms with van der Waals surface area (Å²) in [5.74, 6) is -0.375. The van der Waals surface area contributed by atoms with Crippen LogP contribution in [-0.4, -0.2) is 40.6 Å². The number of alkyl carbamates (subject to hydrolysis) is 1. The molecular formula is C28H24N2O4S. The number of carbonyl (C=O) groups is 2. The zero-order chi connectivity index (χ0) is 24.2. The van der Waals surface area contributed by atoms with Gasteiger partial charge in [-0.1, -0.05) is 72.8 Å². The molecule has 0 saturated carbocycles. The van der Waals surface area contributed by atoms with Crippen LogP contribution in [0.5, 0.6) is 0 Å². The molecule has 0 spiro atoms. The van der Waals surface area contributed by atoms with E-state index in [1.54, 1.807) is 6.20 Å². The zero-order valence-corrected chi connectivity index (χ0v) is 19.7. The first-order valence-corrected chi connectivity index (χ1v) is 12.5. The number of carboxylic acids is 1. The van der Waals surface area contributed by atoms with E-state index >= 15 is 0 Å². The number of benzene rings is 3. The second-order valence-corrected chi connectivity index (χ2v) is 9.40. The lowest BCUT2D eigenvalue weighted by Crippen LogP contribution is -2.43. The second kappa shape index (κ2) is 10.2. The van der Waals surface area contributed by atoms with Crippen molar-refractivity contribution in [1.82, 2.24) is 10.3 Å². The highest BCUT2D eigenvalue weighted by atomic mass is 32.2. The van der Waals surface area contributed by atoms with Gasteiger partial charge in [0.25, 0.3) is 0 Å². The van der Waals surface area contributed by atoms with E-state index < -0.39 is 18.1 Å². The summed E-state index contributed by atoms with van der Waals surface area (Å²) in [4.78, 5) is 28.7. The number of ether oxygens (including phenoxy) is 1. The van der Waals surface area contributed by atoms with Gasteiger partial charge in [-0.15, -0.1) is 0 Å². The zero-order valence-electron chi connectivity index (χ0n) is 18.9. The maximum absolute atomic E-state index is 12.5. The van der Waals surface area contributed by atoms with Gasteiger partial charge in [0, 0.05) is 29.0 Å². The first-order valence-electron chi connectivity index (χ1n) is 11.4. The lowest BCUT2D eigenvalue weighted by atomic mass is 9.98. The first kappa shape index (κ1) is 22.9. The summed E-state index contributed by atoms with van der Waals surface area (Å²) in [5.41, 5.74) is 6.42. The van der Waals surface area contributed by atoms with Gasteiger partial charge in [0.05, 0.1) is 5.52 Å². The average Bonchev–Trinajstić information content (AvgIpc) is 3.20. The Kier molecular flexibility index (Phi) is 6.68. The predicted molar refractivity (Wildman–Crippen MR) is 138 cm³/mol. The molecule has 1 unspecified atom stereocenters. The summed E-state index contributed by atoms with van der Waals surface area (Å²) in [7, 11) is 0. The highest BCUT2D eigenvalue weighted by molar-refractivity contribution is 7.98. The molecule has 0 fully saturated rings. The normalized spacial score (nSPS) is 13.1. The van der Waals surface area contributed by atoms with Gasteiger partial charge in [-0.3, -0.25) is 4.98 Å². The van der Waals surface area contributed by atoms with Gasteiger partial charge in [0.15, 0.2) is 0 Å². The Labute approximate surface area is 207 Å². The molecule has 5 rings (SSSR count). The minimum absolute atomic E-state index is 0.0790. The molecule has 6 nitrogen and oxygen atoms in total. The van der Waals surface area contributed by atoms with Crippen LogP contribution in [-0.2, 0) is 15.3 Å². The number of thioether (sulfide) groups is 1. The van der Waals surface area contributed by atoms with Gasteiger partial charge >= 0.3 is 12.1 Å². The molecule has 1 heterocycles. The minimum Gasteiger partial charge on any atom is -0.480 e. The van der Waals surface area contributed by atoms with E-state index in [2.05, 4.69) is 22.4 Å². The molecule has 7 heteroatoms. The summed E-state index contributed by atoms with van der Waals surface area (Å²) in [6.07, 6.45) is 1.02. The highest BCUT2D eigenvalue weighted by Gasteiger charge is 2.29. The van der Waals surface area contributed by atoms with Crippen molar-refractivity contribution in [3.63, 3.8) is 0 Å². The molecule has 1 aliphatic rings. The molecular weight excluding hydrogens is 460 g/mol. The number of amides is 1. The number of pyridine rings is 1. The van der Waals surface area contributed by atoms with Crippen LogP contribution in [0.3, 0.4) is 0 Å². The Hall–Kier alpha value is -3.84. The molecule has 4 aromatic rings. The van der Waals surface area contributed by atoms with Crippen LogP contribution in [0.25, 0.3) is 22.0 Å². The number of carbonyl (C=O) groups excluding carboxylic acids is 1. The molecule has 35 heavy (non-hydrogen) atoms. The molecule has 1 aliphatic carbocycles. The van der Waals surface area contributed by atoms with Crippen molar-refractivity contribution in [2.24, 2.45) is 0 Å². The predicted octanol–water partition coefficient (Wildman–Crippen LogP) is 5.46. The SMILES string of the molecule is O=C(NC(CSCc1cccc2cccnc12)C(=O)O)OCC1c2ccccc2-c2ccccc21. The summed E-state index contributed by atoms with van der Waals surface area (Å²) in [6, 6.07) is 24.9. The number of aliphatic carboxylic acids is 1. The lowest BCUT2D eigenvalue weighted by molar-refractivity contribution is -0.138. The van der Waals surface area contributed by atoms with E-state index in [9.17, 15) is 14.7 Å². The Morgan fingerprint density at radius 1 is 0.943 bits per heavy atom. The van der Waals surface area contributed by atoms with E-state index in [1.807, 2.05) is 66.7 Å². The summed E-state index contributed by atoms with van der Waals surface area (Å²) < 4.78 is 5.51. The molecule has 1 atom stereocenters. The van der Waals surface area contributed by atoms with Crippen LogP contribution in [0.15, 0.2) is 85.1 Å². The number of para-hydroxylation sites is 1. The van der Waals surface area contributed by atoms with E-state index in [-0.39, 0.29) is 18.3 Å². The van der Waals surface area contributed by atoms with Crippen molar-refractivity contribution >= 4 is 34.7 Å². The fourth-order valence-corrected chi connectivity index (χ4v) is 5.56. The van der Waals surface area contributed by atoms with Crippen LogP contribution in [0.4, 0.5) is 4.79 Å². The van der Waals surface area contributed by atoms with Crippen molar-refractivity contribution in [2.75, 3.05) is 12.4 Å². The topological polar surface area (TPSA) is 88.5 Å². The number of nitrogens with one attached hydrogen (secondary N) is 1. The summed E-state index contributed by atoms with van der Waals surface area (Å²) >= 11 is 1.43. The molecule has 0 aliphatic heterocycles. The number of carboxylic acid groups (broad SMARTS) is 1. The van der Waals surface area contributed by atoms with Crippen molar-refractivity contribution in [1.29, 1.82) is 0 Å². The third kappa shape index (κ3) is 4.86. The fraction of sp³-hybridized carbons (Fsp3) is 0.179. The maximum atomic E-state index is 12.5. The Balaban J connectivity index is 1.19. The quantitative estimate of drug-likeness (QED) is 0.345. The lowest BCUT2D eigenvalue weighted by Gasteiger charge is -2.17. The maximum Gasteiger partial charge on any atom is 0.407 e. The van der Waals surface area contributed by atoms with Gasteiger partial charge in [-0.2, -0.15) is 11.8 Å². The number of fused-ring (bicyclic) bond motifs is 4. The van der Waals surface area contributed by atoms with Crippen LogP contribution in [0.1, 0.15) is 22.6 Å². The van der Waals surface area contributed by atoms with Crippen molar-refractivity contribution in [3.05, 3.63) is 102 Å². The van der Waals surface area contributed by atoms with E-state index in [1.165, 1.54) is 11.8 Å². The average molecular weight is 485 g/mol. The van der Waals surface area contributed by atoms with Gasteiger partial charge in [-0.05, 0) is 33.9 Å². The summed E-state index contributed by atoms with van der Waals surface area (Å²) in [6.45, 7) is 0.140. The van der Waals surface area contributed by atoms with E-state index in [0.29, 0.717) is 5.75 Å². The van der Waals surface area contributed by atoms with E-state index in [4.69, 9.17) is 4.74 Å². The molecule has 1 aromatic heterocycles. The highest BCUT2D eigenvalue weighted by Crippen LogP contribution is 2.44. The third-order valence-electron chi connectivity index (χ3n) is 6.19. The number of aromatic nitrogens is 1. The first-order chi connectivity index (χ1) is 17.1. The molecule has 2 N–H and O–H groups in total. The molecule has 176 valence electrons. The number of hydrogen-bond acceptors (Lipinski definition) is 5. The number of nitrogens with zero attached hydrogens (tertiary/aromatic N) is 1. The molecule has 3 aromatic carbocycles. The number of rotatable bonds is 8. The van der Waals surface area contributed by atoms with Crippen molar-refractivity contribution in [3.8, 4) is 11.1 Å². The van der Waals surface area contributed by atoms with Crippen molar-refractivity contribution in [2.45, 2.75) is 17.7 Å². The van der Waals surface area contributed by atoms with Gasteiger partial charge in [0.2, 0.25) is 0 Å². The standard InChI is InChI=1S/C28H24N2O4S/c31-27(32)25(17-35-16-19-8-5-7-18-9-6-14-29-26(18)19)30-28(33)34-15-24-22-12-3-1-10-20(22)21-11-2-4-13-23(21)24/h1-14,24-25H,15-17H2,(H,30,33)(H,31,32). The van der Waals surface area contributed by atoms with E-state index in [0.717, 1.165) is 38.7 Å². The minimum atomic E-state index is -1.10. The molecule has 0 radical (unpaired) electrons. The monoisotopic (exact) mass is 484 g/mol. The van der Waals surface area contributed by atoms with Gasteiger partial charge in [0.1, 0.15) is 12.6 Å². The van der Waals surface area contributed by atoms with Crippen LogP contribution in [0, 0.1) is 0 Å². The molecule has 0 bridgehead atoms. The van der Waals surface area contributed by atoms with Crippen LogP contribution >= 0.6 is 11.8 Å². The summed E-state index contributed by atoms with van der Waals surface area (Å²) in [5, 5.41) is 13.2. The van der Waals surface area contributed by atoms with Crippen LogP contribution < -0.4 is 5.32 Å². The largest absolute Gasteiger partial charge is 0.480 e. The Morgan fingerprint density at radius 2 is 1.63 bits per heavy atom. The van der Waals surface area contributed by atoms with Crippen molar-refractivity contribution < 1.29 is 19.4 Å². The van der Waals surface area contributed by atoms with Crippen LogP contribution in [0.2, 0.25) is 0 Å². The third-order valence-corrected chi connectivity index (χ3v) is 7.28. The molecule has 1 amide bonds. The molecule has 0 saturated heterocycles. The van der Waals surface area contributed by atoms with Gasteiger partial charge in [-0.25, -0.2) is 9.59 Å². The van der Waals surface area contributed by atoms with Gasteiger partial charge < -0.3 is 15.2 Å².